The van der Waals surface area contributed by atoms with Crippen LogP contribution in [0, 0.1) is 20.2 Å². The minimum atomic E-state index is -0.696. The lowest BCUT2D eigenvalue weighted by Crippen LogP contribution is -2.03. The largest absolute Gasteiger partial charge is 0.321 e. The summed E-state index contributed by atoms with van der Waals surface area (Å²) in [6.45, 7) is 0. The van der Waals surface area contributed by atoms with Gasteiger partial charge in [0.05, 0.1) is 21.1 Å². The minimum Gasteiger partial charge on any atom is -0.321 e. The number of non-ortho nitro benzene ring substituents is 2. The van der Waals surface area contributed by atoms with Crippen molar-refractivity contribution in [2.75, 3.05) is 5.32 Å². The molecule has 2 aromatic carbocycles. The number of benzene rings is 2. The first-order chi connectivity index (χ1) is 9.00. The molecule has 0 saturated heterocycles. The Morgan fingerprint density at radius 1 is 0.895 bits per heavy atom. The van der Waals surface area contributed by atoms with Gasteiger partial charge in [0, 0.05) is 17.5 Å². The molecule has 1 N–H and O–H groups in total. The Morgan fingerprint density at radius 3 is 2.05 bits per heavy atom. The number of amides is 1. The lowest BCUT2D eigenvalue weighted by Gasteiger charge is -2.02. The van der Waals surface area contributed by atoms with Gasteiger partial charge in [-0.05, 0) is 12.1 Å². The van der Waals surface area contributed by atoms with E-state index in [1.807, 2.05) is 0 Å². The van der Waals surface area contributed by atoms with E-state index in [9.17, 15) is 25.0 Å². The number of hydrogen-bond donors (Lipinski definition) is 1. The number of carbonyl (C=O) groups is 1. The third-order valence-electron chi connectivity index (χ3n) is 3.00. The number of anilines is 1. The Bertz CT molecular complexity index is 763. The van der Waals surface area contributed by atoms with Gasteiger partial charge in [-0.3, -0.25) is 25.0 Å². The molecule has 0 saturated carbocycles. The number of hydrogen-bond acceptors (Lipinski definition) is 5. The van der Waals surface area contributed by atoms with Crippen molar-refractivity contribution in [1.29, 1.82) is 0 Å². The van der Waals surface area contributed by atoms with Gasteiger partial charge in [-0.1, -0.05) is 0 Å². The van der Waals surface area contributed by atoms with Crippen molar-refractivity contribution in [3.05, 3.63) is 50.1 Å². The van der Waals surface area contributed by atoms with E-state index in [-0.39, 0.29) is 27.7 Å². The summed E-state index contributed by atoms with van der Waals surface area (Å²) in [5, 5.41) is 24.6. The lowest BCUT2D eigenvalue weighted by molar-refractivity contribution is -0.390. The van der Waals surface area contributed by atoms with Gasteiger partial charge >= 0.3 is 0 Å². The second kappa shape index (κ2) is 3.48. The molecule has 8 nitrogen and oxygen atoms in total. The minimum absolute atomic E-state index is 0.122. The molecule has 19 heavy (non-hydrogen) atoms. The van der Waals surface area contributed by atoms with Crippen molar-refractivity contribution < 1.29 is 14.6 Å². The number of carbonyl (C=O) groups excluding carboxylic acids is 1. The Kier molecular flexibility index (Phi) is 2.03. The van der Waals surface area contributed by atoms with E-state index in [0.717, 1.165) is 12.1 Å². The fraction of sp³-hybridized carbons (Fsp3) is 0. The van der Waals surface area contributed by atoms with Crippen LogP contribution in [0.15, 0.2) is 24.3 Å². The first kappa shape index (κ1) is 11.1. The second-order valence-corrected chi connectivity index (χ2v) is 3.98. The zero-order chi connectivity index (χ0) is 13.7. The Hall–Kier alpha value is -3.03. The van der Waals surface area contributed by atoms with Gasteiger partial charge in [0.1, 0.15) is 5.39 Å². The summed E-state index contributed by atoms with van der Waals surface area (Å²) in [7, 11) is 0. The number of nitrogens with zero attached hydrogens (tertiary/aromatic N) is 2. The van der Waals surface area contributed by atoms with Crippen LogP contribution in [0.25, 0.3) is 10.8 Å². The zero-order valence-corrected chi connectivity index (χ0v) is 9.25. The quantitative estimate of drug-likeness (QED) is 0.655. The Balaban J connectivity index is 2.56. The number of rotatable bonds is 2. The fourth-order valence-corrected chi connectivity index (χ4v) is 2.25. The maximum absolute atomic E-state index is 11.7. The number of nitro groups is 2. The standard InChI is InChI=1S/C11H5N3O5/c15-11-5-1-3-7(13(16)17)10-8(14(18)19)4-2-6(12-11)9(5)10/h1-4H,(H,12,15). The van der Waals surface area contributed by atoms with Crippen LogP contribution in [0.2, 0.25) is 0 Å². The predicted molar refractivity (Wildman–Crippen MR) is 65.2 cm³/mol. The second-order valence-electron chi connectivity index (χ2n) is 3.98. The van der Waals surface area contributed by atoms with E-state index < -0.39 is 15.8 Å². The maximum atomic E-state index is 11.7. The molecule has 0 bridgehead atoms. The third kappa shape index (κ3) is 1.36. The van der Waals surface area contributed by atoms with Gasteiger partial charge in [0.25, 0.3) is 17.3 Å². The van der Waals surface area contributed by atoms with E-state index in [2.05, 4.69) is 5.32 Å². The van der Waals surface area contributed by atoms with E-state index in [4.69, 9.17) is 0 Å². The van der Waals surface area contributed by atoms with Crippen molar-refractivity contribution >= 4 is 33.7 Å². The smallest absolute Gasteiger partial charge is 0.284 e. The first-order valence-electron chi connectivity index (χ1n) is 5.20. The van der Waals surface area contributed by atoms with Gasteiger partial charge in [-0.25, -0.2) is 0 Å². The Morgan fingerprint density at radius 2 is 1.47 bits per heavy atom. The van der Waals surface area contributed by atoms with Crippen LogP contribution in [-0.2, 0) is 0 Å². The molecule has 0 radical (unpaired) electrons. The average molecular weight is 259 g/mol. The summed E-state index contributed by atoms with van der Waals surface area (Å²) in [6.07, 6.45) is 0. The highest BCUT2D eigenvalue weighted by atomic mass is 16.6. The molecule has 1 amide bonds. The molecule has 0 fully saturated rings. The van der Waals surface area contributed by atoms with Gasteiger partial charge in [0.2, 0.25) is 0 Å². The molecule has 0 unspecified atom stereocenters. The normalized spacial score (nSPS) is 12.5. The van der Waals surface area contributed by atoms with E-state index >= 15 is 0 Å². The molecule has 0 atom stereocenters. The summed E-state index contributed by atoms with van der Waals surface area (Å²) in [6, 6.07) is 4.94. The molecule has 0 aliphatic carbocycles. The highest BCUT2D eigenvalue weighted by Crippen LogP contribution is 2.42. The highest BCUT2D eigenvalue weighted by molar-refractivity contribution is 6.26. The summed E-state index contributed by atoms with van der Waals surface area (Å²) in [5.74, 6) is -0.421. The van der Waals surface area contributed by atoms with Crippen LogP contribution in [-0.4, -0.2) is 15.8 Å². The van der Waals surface area contributed by atoms with E-state index in [0.29, 0.717) is 5.69 Å². The molecule has 1 aliphatic rings. The monoisotopic (exact) mass is 259 g/mol. The van der Waals surface area contributed by atoms with Gasteiger partial charge in [-0.2, -0.15) is 0 Å². The maximum Gasteiger partial charge on any atom is 0.284 e. The molecule has 1 aliphatic heterocycles. The molecule has 94 valence electrons. The van der Waals surface area contributed by atoms with Crippen LogP contribution in [0.1, 0.15) is 10.4 Å². The average Bonchev–Trinajstić information content (AvgIpc) is 2.67. The highest BCUT2D eigenvalue weighted by Gasteiger charge is 2.31. The van der Waals surface area contributed by atoms with Crippen molar-refractivity contribution in [3.63, 3.8) is 0 Å². The van der Waals surface area contributed by atoms with Crippen LogP contribution in [0.3, 0.4) is 0 Å². The lowest BCUT2D eigenvalue weighted by atomic mass is 10.0. The number of nitro benzene ring substituents is 2. The van der Waals surface area contributed by atoms with Crippen LogP contribution in [0.4, 0.5) is 17.1 Å². The third-order valence-corrected chi connectivity index (χ3v) is 3.00. The van der Waals surface area contributed by atoms with Crippen molar-refractivity contribution in [2.24, 2.45) is 0 Å². The molecule has 2 aromatic rings. The molecule has 1 heterocycles. The molecule has 0 aromatic heterocycles. The SMILES string of the molecule is O=C1Nc2ccc([N+](=O)[O-])c3c([N+](=O)[O-])ccc1c23. The molecule has 8 heteroatoms. The predicted octanol–water partition coefficient (Wildman–Crippen LogP) is 2.22. The fourth-order valence-electron chi connectivity index (χ4n) is 2.25. The van der Waals surface area contributed by atoms with Gasteiger partial charge in [0.15, 0.2) is 0 Å². The van der Waals surface area contributed by atoms with Crippen molar-refractivity contribution in [3.8, 4) is 0 Å². The van der Waals surface area contributed by atoms with Gasteiger partial charge < -0.3 is 5.32 Å². The number of nitrogens with one attached hydrogen (secondary N) is 1. The van der Waals surface area contributed by atoms with Crippen LogP contribution < -0.4 is 5.32 Å². The van der Waals surface area contributed by atoms with Crippen molar-refractivity contribution in [2.45, 2.75) is 0 Å². The van der Waals surface area contributed by atoms with Crippen LogP contribution in [0.5, 0.6) is 0 Å². The molecular weight excluding hydrogens is 254 g/mol. The van der Waals surface area contributed by atoms with E-state index in [1.54, 1.807) is 0 Å². The van der Waals surface area contributed by atoms with E-state index in [1.165, 1.54) is 12.1 Å². The van der Waals surface area contributed by atoms with Crippen molar-refractivity contribution in [1.82, 2.24) is 0 Å². The zero-order valence-electron chi connectivity index (χ0n) is 9.25. The molecule has 3 rings (SSSR count). The molecular formula is C11H5N3O5. The topological polar surface area (TPSA) is 115 Å². The summed E-state index contributed by atoms with van der Waals surface area (Å²) in [5.41, 5.74) is -0.212. The summed E-state index contributed by atoms with van der Waals surface area (Å²) < 4.78 is 0. The Labute approximate surface area is 104 Å². The summed E-state index contributed by atoms with van der Waals surface area (Å²) >= 11 is 0. The summed E-state index contributed by atoms with van der Waals surface area (Å²) in [4.78, 5) is 32.2. The van der Waals surface area contributed by atoms with Crippen LogP contribution >= 0.6 is 0 Å². The molecule has 0 spiro atoms. The van der Waals surface area contributed by atoms with Gasteiger partial charge in [-0.15, -0.1) is 0 Å². The first-order valence-corrected chi connectivity index (χ1v) is 5.20.